The fraction of sp³-hybridized carbons (Fsp3) is 0.308. The highest BCUT2D eigenvalue weighted by Crippen LogP contribution is 2.36. The van der Waals surface area contributed by atoms with Crippen LogP contribution in [0.1, 0.15) is 5.56 Å². The third-order valence-corrected chi connectivity index (χ3v) is 3.01. The Morgan fingerprint density at radius 1 is 1.29 bits per heavy atom. The minimum atomic E-state index is 0.414. The average Bonchev–Trinajstić information content (AvgIpc) is 2.64. The maximum atomic E-state index is 8.81. The smallest absolute Gasteiger partial charge is 0.163 e. The molecule has 0 amide bonds. The lowest BCUT2D eigenvalue weighted by Crippen LogP contribution is -2.15. The quantitative estimate of drug-likeness (QED) is 0.750. The predicted octanol–water partition coefficient (Wildman–Crippen LogP) is 2.02. The second kappa shape index (κ2) is 3.70. The number of hydrogen-bond acceptors (Lipinski definition) is 3. The molecule has 0 saturated heterocycles. The molecule has 0 unspecified atom stereocenters. The third-order valence-electron chi connectivity index (χ3n) is 3.01. The highest BCUT2D eigenvalue weighted by molar-refractivity contribution is 5.87. The van der Waals surface area contributed by atoms with Gasteiger partial charge in [-0.1, -0.05) is 0 Å². The van der Waals surface area contributed by atoms with Crippen LogP contribution in [0.5, 0.6) is 11.5 Å². The molecule has 1 aromatic heterocycles. The molecule has 2 heterocycles. The molecule has 1 aromatic carbocycles. The zero-order valence-electron chi connectivity index (χ0n) is 9.56. The van der Waals surface area contributed by atoms with Crippen molar-refractivity contribution in [1.29, 1.82) is 5.26 Å². The lowest BCUT2D eigenvalue weighted by molar-refractivity contribution is 0.172. The fourth-order valence-corrected chi connectivity index (χ4v) is 2.23. The zero-order chi connectivity index (χ0) is 11.8. The first-order valence-corrected chi connectivity index (χ1v) is 5.54. The van der Waals surface area contributed by atoms with E-state index in [4.69, 9.17) is 14.7 Å². The van der Waals surface area contributed by atoms with Crippen LogP contribution < -0.4 is 9.47 Å². The second-order valence-electron chi connectivity index (χ2n) is 4.11. The molecule has 0 N–H and O–H groups in total. The summed E-state index contributed by atoms with van der Waals surface area (Å²) >= 11 is 0. The Balaban J connectivity index is 2.24. The lowest BCUT2D eigenvalue weighted by Gasteiger charge is -2.18. The van der Waals surface area contributed by atoms with Crippen LogP contribution in [0.25, 0.3) is 10.9 Å². The SMILES string of the molecule is Cn1cc(CC#N)c2cc3c(cc21)OCCO3. The van der Waals surface area contributed by atoms with Gasteiger partial charge in [0.2, 0.25) is 0 Å². The van der Waals surface area contributed by atoms with Crippen molar-refractivity contribution in [2.75, 3.05) is 13.2 Å². The lowest BCUT2D eigenvalue weighted by atomic mass is 10.1. The summed E-state index contributed by atoms with van der Waals surface area (Å²) in [5.74, 6) is 1.56. The fourth-order valence-electron chi connectivity index (χ4n) is 2.23. The Bertz CT molecular complexity index is 622. The van der Waals surface area contributed by atoms with E-state index < -0.39 is 0 Å². The average molecular weight is 228 g/mol. The number of benzene rings is 1. The van der Waals surface area contributed by atoms with Crippen LogP contribution >= 0.6 is 0 Å². The summed E-state index contributed by atoms with van der Waals surface area (Å²) in [6.45, 7) is 1.17. The van der Waals surface area contributed by atoms with Crippen LogP contribution in [0.15, 0.2) is 18.3 Å². The van der Waals surface area contributed by atoms with Gasteiger partial charge in [-0.05, 0) is 11.6 Å². The molecular weight excluding hydrogens is 216 g/mol. The minimum Gasteiger partial charge on any atom is -0.486 e. The van der Waals surface area contributed by atoms with E-state index in [0.717, 1.165) is 28.0 Å². The summed E-state index contributed by atoms with van der Waals surface area (Å²) < 4.78 is 13.1. The molecule has 0 atom stereocenters. The van der Waals surface area contributed by atoms with Crippen LogP contribution in [0.4, 0.5) is 0 Å². The topological polar surface area (TPSA) is 47.2 Å². The molecule has 0 saturated carbocycles. The number of aryl methyl sites for hydroxylation is 1. The van der Waals surface area contributed by atoms with E-state index in [-0.39, 0.29) is 0 Å². The molecular formula is C13H12N2O2. The first kappa shape index (κ1) is 10.0. The van der Waals surface area contributed by atoms with Crippen molar-refractivity contribution in [2.24, 2.45) is 7.05 Å². The van der Waals surface area contributed by atoms with Crippen molar-refractivity contribution in [2.45, 2.75) is 6.42 Å². The Hall–Kier alpha value is -2.15. The van der Waals surface area contributed by atoms with E-state index in [9.17, 15) is 0 Å². The van der Waals surface area contributed by atoms with Gasteiger partial charge in [-0.15, -0.1) is 0 Å². The largest absolute Gasteiger partial charge is 0.486 e. The Kier molecular flexibility index (Phi) is 2.19. The molecule has 0 radical (unpaired) electrons. The molecule has 0 fully saturated rings. The van der Waals surface area contributed by atoms with Crippen molar-refractivity contribution in [3.05, 3.63) is 23.9 Å². The highest BCUT2D eigenvalue weighted by Gasteiger charge is 2.16. The Morgan fingerprint density at radius 2 is 2.00 bits per heavy atom. The number of rotatable bonds is 1. The summed E-state index contributed by atoms with van der Waals surface area (Å²) in [5.41, 5.74) is 2.10. The van der Waals surface area contributed by atoms with E-state index in [1.165, 1.54) is 0 Å². The molecule has 0 spiro atoms. The van der Waals surface area contributed by atoms with Crippen LogP contribution in [0, 0.1) is 11.3 Å². The molecule has 0 bridgehead atoms. The standard InChI is InChI=1S/C13H12N2O2/c1-15-8-9(2-3-14)10-6-12-13(7-11(10)15)17-5-4-16-12/h6-8H,2,4-5H2,1H3. The third kappa shape index (κ3) is 1.51. The van der Waals surface area contributed by atoms with Crippen LogP contribution in [-0.4, -0.2) is 17.8 Å². The summed E-state index contributed by atoms with van der Waals surface area (Å²) in [6, 6.07) is 6.13. The molecule has 4 nitrogen and oxygen atoms in total. The van der Waals surface area contributed by atoms with Gasteiger partial charge in [-0.25, -0.2) is 0 Å². The number of aromatic nitrogens is 1. The van der Waals surface area contributed by atoms with Crippen LogP contribution in [0.2, 0.25) is 0 Å². The van der Waals surface area contributed by atoms with Gasteiger partial charge in [-0.3, -0.25) is 0 Å². The van der Waals surface area contributed by atoms with Gasteiger partial charge in [0.15, 0.2) is 11.5 Å². The maximum Gasteiger partial charge on any atom is 0.163 e. The number of fused-ring (bicyclic) bond motifs is 2. The zero-order valence-corrected chi connectivity index (χ0v) is 9.56. The summed E-state index contributed by atoms with van der Waals surface area (Å²) in [7, 11) is 1.97. The van der Waals surface area contributed by atoms with E-state index in [2.05, 4.69) is 6.07 Å². The first-order valence-electron chi connectivity index (χ1n) is 5.54. The van der Waals surface area contributed by atoms with E-state index >= 15 is 0 Å². The van der Waals surface area contributed by atoms with E-state index in [1.807, 2.05) is 29.9 Å². The highest BCUT2D eigenvalue weighted by atomic mass is 16.6. The van der Waals surface area contributed by atoms with Gasteiger partial charge < -0.3 is 14.0 Å². The van der Waals surface area contributed by atoms with Gasteiger partial charge in [0.05, 0.1) is 18.0 Å². The summed E-state index contributed by atoms with van der Waals surface area (Å²) in [6.07, 6.45) is 2.40. The summed E-state index contributed by atoms with van der Waals surface area (Å²) in [5, 5.41) is 9.88. The first-order chi connectivity index (χ1) is 8.29. The normalized spacial score (nSPS) is 13.6. The number of nitriles is 1. The predicted molar refractivity (Wildman–Crippen MR) is 63.2 cm³/mol. The maximum absolute atomic E-state index is 8.81. The molecule has 17 heavy (non-hydrogen) atoms. The van der Waals surface area contributed by atoms with Crippen molar-refractivity contribution in [3.63, 3.8) is 0 Å². The molecule has 1 aliphatic heterocycles. The number of ether oxygens (including phenoxy) is 2. The molecule has 3 rings (SSSR count). The molecule has 1 aliphatic rings. The molecule has 4 heteroatoms. The van der Waals surface area contributed by atoms with Crippen molar-refractivity contribution in [1.82, 2.24) is 4.57 Å². The second-order valence-corrected chi connectivity index (χ2v) is 4.11. The van der Waals surface area contributed by atoms with Crippen LogP contribution in [-0.2, 0) is 13.5 Å². The summed E-state index contributed by atoms with van der Waals surface area (Å²) in [4.78, 5) is 0. The number of nitrogens with zero attached hydrogens (tertiary/aromatic N) is 2. The molecule has 2 aromatic rings. The van der Waals surface area contributed by atoms with E-state index in [0.29, 0.717) is 19.6 Å². The molecule has 86 valence electrons. The van der Waals surface area contributed by atoms with Gasteiger partial charge in [0.1, 0.15) is 13.2 Å². The van der Waals surface area contributed by atoms with Crippen molar-refractivity contribution >= 4 is 10.9 Å². The number of hydrogen-bond donors (Lipinski definition) is 0. The van der Waals surface area contributed by atoms with Crippen LogP contribution in [0.3, 0.4) is 0 Å². The molecule has 0 aliphatic carbocycles. The van der Waals surface area contributed by atoms with Crippen molar-refractivity contribution in [3.8, 4) is 17.6 Å². The van der Waals surface area contributed by atoms with Gasteiger partial charge in [0.25, 0.3) is 0 Å². The Labute approximate surface area is 99.0 Å². The monoisotopic (exact) mass is 228 g/mol. The van der Waals surface area contributed by atoms with E-state index in [1.54, 1.807) is 0 Å². The van der Waals surface area contributed by atoms with Gasteiger partial charge in [-0.2, -0.15) is 5.26 Å². The van der Waals surface area contributed by atoms with Gasteiger partial charge >= 0.3 is 0 Å². The Morgan fingerprint density at radius 3 is 2.71 bits per heavy atom. The van der Waals surface area contributed by atoms with Gasteiger partial charge in [0, 0.05) is 24.7 Å². The minimum absolute atomic E-state index is 0.414. The van der Waals surface area contributed by atoms with Crippen molar-refractivity contribution < 1.29 is 9.47 Å².